The van der Waals surface area contributed by atoms with Crippen molar-refractivity contribution in [3.63, 3.8) is 0 Å². The second-order valence-corrected chi connectivity index (χ2v) is 19.4. The van der Waals surface area contributed by atoms with Gasteiger partial charge in [0.1, 0.15) is 42.7 Å². The van der Waals surface area contributed by atoms with E-state index in [1.165, 1.54) is 96.3 Å². The van der Waals surface area contributed by atoms with Gasteiger partial charge >= 0.3 is 13.8 Å². The van der Waals surface area contributed by atoms with Gasteiger partial charge in [-0.3, -0.25) is 13.8 Å². The first kappa shape index (κ1) is 62.1. The number of esters is 1. The molecule has 12 nitrogen and oxygen atoms in total. The van der Waals surface area contributed by atoms with Crippen LogP contribution in [0.25, 0.3) is 0 Å². The molecule has 0 spiro atoms. The minimum atomic E-state index is -5.03. The molecule has 0 heterocycles. The molecule has 0 aromatic heterocycles. The molecular weight excluding hydrogens is 860 g/mol. The van der Waals surface area contributed by atoms with Gasteiger partial charge in [-0.05, 0) is 57.8 Å². The number of carbonyl (C=O) groups is 1. The summed E-state index contributed by atoms with van der Waals surface area (Å²) in [6.45, 7) is 4.14. The van der Waals surface area contributed by atoms with Gasteiger partial charge < -0.3 is 39.9 Å². The summed E-state index contributed by atoms with van der Waals surface area (Å²) in [7, 11) is -5.03. The zero-order valence-corrected chi connectivity index (χ0v) is 42.1. The highest BCUT2D eigenvalue weighted by Crippen LogP contribution is 2.47. The van der Waals surface area contributed by atoms with Crippen molar-refractivity contribution in [1.29, 1.82) is 0 Å². The number of rotatable bonds is 44. The monoisotopic (exact) mass is 955 g/mol. The number of phosphoric acid groups is 1. The van der Waals surface area contributed by atoms with E-state index in [-0.39, 0.29) is 13.0 Å². The van der Waals surface area contributed by atoms with E-state index < -0.39 is 63.1 Å². The number of carbonyl (C=O) groups excluding carboxylic acids is 1. The zero-order valence-electron chi connectivity index (χ0n) is 41.2. The Morgan fingerprint density at radius 3 is 1.36 bits per heavy atom. The van der Waals surface area contributed by atoms with Crippen LogP contribution in [-0.4, -0.2) is 98.9 Å². The van der Waals surface area contributed by atoms with Gasteiger partial charge in [0, 0.05) is 13.0 Å². The maximum absolute atomic E-state index is 12.9. The average molecular weight is 955 g/mol. The summed E-state index contributed by atoms with van der Waals surface area (Å²) < 4.78 is 34.3. The van der Waals surface area contributed by atoms with Crippen molar-refractivity contribution in [3.8, 4) is 0 Å². The lowest BCUT2D eigenvalue weighted by Gasteiger charge is -2.41. The molecule has 6 N–H and O–H groups in total. The number of ether oxygens (including phenoxy) is 2. The summed E-state index contributed by atoms with van der Waals surface area (Å²) in [5, 5.41) is 50.3. The summed E-state index contributed by atoms with van der Waals surface area (Å²) in [4.78, 5) is 23.2. The van der Waals surface area contributed by atoms with Crippen molar-refractivity contribution in [2.45, 2.75) is 249 Å². The summed E-state index contributed by atoms with van der Waals surface area (Å²) in [6.07, 6.45) is 42.8. The van der Waals surface area contributed by atoms with Crippen LogP contribution < -0.4 is 0 Å². The molecule has 0 bridgehead atoms. The molecule has 384 valence electrons. The summed E-state index contributed by atoms with van der Waals surface area (Å²) in [5.74, 6) is -0.480. The first-order valence-electron chi connectivity index (χ1n) is 26.1. The van der Waals surface area contributed by atoms with Crippen molar-refractivity contribution < 1.29 is 58.3 Å². The fourth-order valence-corrected chi connectivity index (χ4v) is 8.77. The smallest absolute Gasteiger partial charge is 0.457 e. The molecule has 0 saturated heterocycles. The molecule has 6 atom stereocenters. The van der Waals surface area contributed by atoms with Crippen molar-refractivity contribution in [3.05, 3.63) is 60.8 Å². The predicted octanol–water partition coefficient (Wildman–Crippen LogP) is 11.8. The Kier molecular flexibility index (Phi) is 40.5. The summed E-state index contributed by atoms with van der Waals surface area (Å²) in [6, 6.07) is 0. The number of hydrogen-bond donors (Lipinski definition) is 6. The Morgan fingerprint density at radius 2 is 0.894 bits per heavy atom. The highest BCUT2D eigenvalue weighted by Gasteiger charge is 2.51. The van der Waals surface area contributed by atoms with Crippen LogP contribution in [0, 0.1) is 0 Å². The van der Waals surface area contributed by atoms with Crippen molar-refractivity contribution in [1.82, 2.24) is 0 Å². The molecule has 1 aliphatic rings. The lowest BCUT2D eigenvalue weighted by atomic mass is 9.85. The van der Waals surface area contributed by atoms with Gasteiger partial charge in [0.15, 0.2) is 0 Å². The summed E-state index contributed by atoms with van der Waals surface area (Å²) >= 11 is 0. The van der Waals surface area contributed by atoms with Crippen LogP contribution in [-0.2, 0) is 27.9 Å². The van der Waals surface area contributed by atoms with Crippen molar-refractivity contribution >= 4 is 13.8 Å². The average Bonchev–Trinajstić information content (AvgIpc) is 3.30. The molecule has 0 radical (unpaired) electrons. The zero-order chi connectivity index (χ0) is 48.4. The first-order chi connectivity index (χ1) is 32.0. The van der Waals surface area contributed by atoms with Crippen LogP contribution in [0.2, 0.25) is 0 Å². The molecule has 1 rings (SSSR count). The Hall–Kier alpha value is -1.96. The Morgan fingerprint density at radius 1 is 0.500 bits per heavy atom. The fraction of sp³-hybridized carbons (Fsp3) is 0.792. The fourth-order valence-electron chi connectivity index (χ4n) is 7.80. The normalized spacial score (nSPS) is 21.9. The van der Waals surface area contributed by atoms with Crippen LogP contribution in [0.5, 0.6) is 0 Å². The molecule has 1 aliphatic carbocycles. The minimum absolute atomic E-state index is 0.0826. The minimum Gasteiger partial charge on any atom is -0.457 e. The third-order valence-corrected chi connectivity index (χ3v) is 12.9. The molecule has 0 aromatic rings. The number of aliphatic hydroxyl groups is 5. The lowest BCUT2D eigenvalue weighted by Crippen LogP contribution is -2.64. The van der Waals surface area contributed by atoms with Crippen LogP contribution in [0.1, 0.15) is 206 Å². The number of phosphoric ester groups is 1. The largest absolute Gasteiger partial charge is 0.472 e. The lowest BCUT2D eigenvalue weighted by molar-refractivity contribution is -0.220. The maximum atomic E-state index is 12.9. The predicted molar refractivity (Wildman–Crippen MR) is 267 cm³/mol. The highest BCUT2D eigenvalue weighted by atomic mass is 31.2. The van der Waals surface area contributed by atoms with Crippen LogP contribution in [0.15, 0.2) is 60.8 Å². The highest BCUT2D eigenvalue weighted by molar-refractivity contribution is 7.47. The quantitative estimate of drug-likeness (QED) is 0.0147. The van der Waals surface area contributed by atoms with Gasteiger partial charge in [0.05, 0.1) is 13.2 Å². The third-order valence-electron chi connectivity index (χ3n) is 11.9. The van der Waals surface area contributed by atoms with Gasteiger partial charge in [-0.2, -0.15) is 0 Å². The molecule has 6 unspecified atom stereocenters. The SMILES string of the molecule is CC/C=C\C/C=C\C/C=C\C/C=C\C/C=C\CCCCCCCCCCOCC(COP(=O)(O)OC1C(O)C(O)C(O)C(O)C1O)OC(=O)CCCCCCCCCCCCCCCCC. The Bertz CT molecular complexity index is 1320. The van der Waals surface area contributed by atoms with E-state index in [1.807, 2.05) is 0 Å². The topological polar surface area (TPSA) is 192 Å². The van der Waals surface area contributed by atoms with E-state index in [0.29, 0.717) is 13.0 Å². The van der Waals surface area contributed by atoms with Gasteiger partial charge in [-0.25, -0.2) is 4.57 Å². The van der Waals surface area contributed by atoms with Gasteiger partial charge in [-0.1, -0.05) is 203 Å². The number of unbranched alkanes of at least 4 members (excludes halogenated alkanes) is 22. The summed E-state index contributed by atoms with van der Waals surface area (Å²) in [5.41, 5.74) is 0. The Balaban J connectivity index is 2.32. The molecule has 0 aliphatic heterocycles. The molecule has 13 heteroatoms. The number of aliphatic hydroxyl groups excluding tert-OH is 5. The van der Waals surface area contributed by atoms with Crippen molar-refractivity contribution in [2.24, 2.45) is 0 Å². The molecule has 0 amide bonds. The van der Waals surface area contributed by atoms with E-state index in [2.05, 4.69) is 74.6 Å². The maximum Gasteiger partial charge on any atom is 0.472 e. The third kappa shape index (κ3) is 34.3. The molecule has 0 aromatic carbocycles. The van der Waals surface area contributed by atoms with E-state index in [0.717, 1.165) is 83.5 Å². The molecule has 1 fully saturated rings. The van der Waals surface area contributed by atoms with Crippen LogP contribution in [0.3, 0.4) is 0 Å². The van der Waals surface area contributed by atoms with Gasteiger partial charge in [-0.15, -0.1) is 0 Å². The Labute approximate surface area is 400 Å². The van der Waals surface area contributed by atoms with E-state index in [9.17, 15) is 39.8 Å². The number of allylic oxidation sites excluding steroid dienone is 10. The number of hydrogen-bond acceptors (Lipinski definition) is 11. The second-order valence-electron chi connectivity index (χ2n) is 18.0. The molecular formula is C53H95O12P. The van der Waals surface area contributed by atoms with E-state index in [4.69, 9.17) is 18.5 Å². The van der Waals surface area contributed by atoms with Gasteiger partial charge in [0.25, 0.3) is 0 Å². The molecule has 66 heavy (non-hydrogen) atoms. The first-order valence-corrected chi connectivity index (χ1v) is 27.6. The van der Waals surface area contributed by atoms with Crippen LogP contribution >= 0.6 is 7.82 Å². The van der Waals surface area contributed by atoms with E-state index >= 15 is 0 Å². The van der Waals surface area contributed by atoms with Crippen molar-refractivity contribution in [2.75, 3.05) is 19.8 Å². The van der Waals surface area contributed by atoms with Crippen LogP contribution in [0.4, 0.5) is 0 Å². The standard InChI is InChI=1S/C53H95O12P/c1-3-5-7-9-11-13-15-17-19-20-21-22-23-24-25-26-27-29-31-33-35-37-39-41-43-62-44-46(45-63-66(60,61)65-53-51(58)49(56)48(55)50(57)52(53)59)64-47(54)42-40-38-36-34-32-30-28-18-16-14-12-10-8-6-4-2/h5,7,11,13,17,19,21-22,24-25,46,48-53,55-59H,3-4,6,8-10,12,14-16,18,20,23,26-45H2,1-2H3,(H,60,61)/b7-5-,13-11-,19-17-,22-21-,25-24-. The van der Waals surface area contributed by atoms with Gasteiger partial charge in [0.2, 0.25) is 0 Å². The second kappa shape index (κ2) is 43.1. The van der Waals surface area contributed by atoms with E-state index in [1.54, 1.807) is 0 Å². The molecule has 1 saturated carbocycles.